The molecule has 1 saturated heterocycles. The van der Waals surface area contributed by atoms with Crippen LogP contribution in [0.25, 0.3) is 0 Å². The Kier molecular flexibility index (Phi) is 4.25. The Morgan fingerprint density at radius 1 is 1.28 bits per heavy atom. The van der Waals surface area contributed by atoms with Crippen molar-refractivity contribution in [2.75, 3.05) is 37.6 Å². The highest BCUT2D eigenvalue weighted by atomic mass is 15.3. The summed E-state index contributed by atoms with van der Waals surface area (Å²) in [6.07, 6.45) is 0. The van der Waals surface area contributed by atoms with Crippen LogP contribution in [0.15, 0.2) is 18.2 Å². The first kappa shape index (κ1) is 13.4. The van der Waals surface area contributed by atoms with Gasteiger partial charge in [0, 0.05) is 44.5 Å². The van der Waals surface area contributed by atoms with Gasteiger partial charge in [0.2, 0.25) is 0 Å². The number of anilines is 1. The van der Waals surface area contributed by atoms with Crippen molar-refractivity contribution in [3.63, 3.8) is 0 Å². The molecule has 18 heavy (non-hydrogen) atoms. The van der Waals surface area contributed by atoms with E-state index in [1.807, 2.05) is 0 Å². The van der Waals surface area contributed by atoms with Crippen LogP contribution in [0, 0.1) is 13.8 Å². The molecule has 3 heteroatoms. The first-order valence-corrected chi connectivity index (χ1v) is 6.88. The van der Waals surface area contributed by atoms with E-state index in [0.717, 1.165) is 32.7 Å². The fourth-order valence-electron chi connectivity index (χ4n) is 2.87. The van der Waals surface area contributed by atoms with Crippen LogP contribution in [0.2, 0.25) is 0 Å². The Balaban J connectivity index is 2.07. The third kappa shape index (κ3) is 2.85. The first-order chi connectivity index (χ1) is 8.61. The molecule has 0 radical (unpaired) electrons. The van der Waals surface area contributed by atoms with Gasteiger partial charge in [0.1, 0.15) is 0 Å². The maximum absolute atomic E-state index is 5.65. The monoisotopic (exact) mass is 247 g/mol. The van der Waals surface area contributed by atoms with Gasteiger partial charge >= 0.3 is 0 Å². The normalized spacial score (nSPS) is 21.3. The molecule has 1 aliphatic rings. The molecule has 0 amide bonds. The number of benzene rings is 1. The number of hydrogen-bond donors (Lipinski definition) is 1. The van der Waals surface area contributed by atoms with Crippen LogP contribution in [-0.2, 0) is 0 Å². The van der Waals surface area contributed by atoms with E-state index >= 15 is 0 Å². The Morgan fingerprint density at radius 2 is 2.06 bits per heavy atom. The fraction of sp³-hybridized carbons (Fsp3) is 0.600. The van der Waals surface area contributed by atoms with Gasteiger partial charge in [-0.3, -0.25) is 4.90 Å². The number of rotatable bonds is 3. The van der Waals surface area contributed by atoms with Gasteiger partial charge in [-0.1, -0.05) is 17.7 Å². The summed E-state index contributed by atoms with van der Waals surface area (Å²) >= 11 is 0. The summed E-state index contributed by atoms with van der Waals surface area (Å²) in [5.41, 5.74) is 9.76. The highest BCUT2D eigenvalue weighted by molar-refractivity contribution is 5.54. The van der Waals surface area contributed by atoms with E-state index in [1.165, 1.54) is 16.8 Å². The second kappa shape index (κ2) is 5.72. The van der Waals surface area contributed by atoms with Crippen LogP contribution in [0.1, 0.15) is 18.1 Å². The van der Waals surface area contributed by atoms with Gasteiger partial charge in [0.25, 0.3) is 0 Å². The van der Waals surface area contributed by atoms with Gasteiger partial charge in [-0.25, -0.2) is 0 Å². The molecule has 1 atom stereocenters. The van der Waals surface area contributed by atoms with Crippen LogP contribution < -0.4 is 10.6 Å². The van der Waals surface area contributed by atoms with Crippen LogP contribution >= 0.6 is 0 Å². The number of aryl methyl sites for hydroxylation is 2. The highest BCUT2D eigenvalue weighted by Crippen LogP contribution is 2.23. The van der Waals surface area contributed by atoms with Crippen molar-refractivity contribution >= 4 is 5.69 Å². The van der Waals surface area contributed by atoms with Crippen LogP contribution in [0.4, 0.5) is 5.69 Å². The summed E-state index contributed by atoms with van der Waals surface area (Å²) in [5.74, 6) is 0. The zero-order chi connectivity index (χ0) is 13.1. The van der Waals surface area contributed by atoms with Gasteiger partial charge in [-0.05, 0) is 32.4 Å². The van der Waals surface area contributed by atoms with Gasteiger partial charge in [0.05, 0.1) is 0 Å². The Morgan fingerprint density at radius 3 is 2.67 bits per heavy atom. The molecule has 1 heterocycles. The molecule has 1 aliphatic heterocycles. The highest BCUT2D eigenvalue weighted by Gasteiger charge is 2.23. The molecule has 2 N–H and O–H groups in total. The third-order valence-electron chi connectivity index (χ3n) is 3.87. The average Bonchev–Trinajstić information content (AvgIpc) is 2.32. The van der Waals surface area contributed by atoms with Crippen molar-refractivity contribution in [3.8, 4) is 0 Å². The molecule has 100 valence electrons. The molecule has 1 unspecified atom stereocenters. The minimum absolute atomic E-state index is 0.586. The van der Waals surface area contributed by atoms with E-state index in [1.54, 1.807) is 0 Å². The van der Waals surface area contributed by atoms with Crippen molar-refractivity contribution in [2.24, 2.45) is 5.73 Å². The molecule has 1 aromatic carbocycles. The molecule has 2 rings (SSSR count). The smallest absolute Gasteiger partial charge is 0.0397 e. The predicted octanol–water partition coefficient (Wildman–Crippen LogP) is 1.77. The maximum Gasteiger partial charge on any atom is 0.0397 e. The number of nitrogens with zero attached hydrogens (tertiary/aromatic N) is 2. The van der Waals surface area contributed by atoms with Crippen molar-refractivity contribution < 1.29 is 0 Å². The number of piperazine rings is 1. The SMILES string of the molecule is Cc1ccc(N2CCN(CCN)C(C)C2)c(C)c1. The lowest BCUT2D eigenvalue weighted by atomic mass is 10.1. The van der Waals surface area contributed by atoms with E-state index in [-0.39, 0.29) is 0 Å². The number of nitrogens with two attached hydrogens (primary N) is 1. The molecular weight excluding hydrogens is 222 g/mol. The van der Waals surface area contributed by atoms with Gasteiger partial charge in [0.15, 0.2) is 0 Å². The topological polar surface area (TPSA) is 32.5 Å². The van der Waals surface area contributed by atoms with Crippen LogP contribution in [-0.4, -0.2) is 43.7 Å². The second-order valence-electron chi connectivity index (χ2n) is 5.41. The standard InChI is InChI=1S/C15H25N3/c1-12-4-5-15(13(2)10-12)18-9-8-17(7-6-16)14(3)11-18/h4-5,10,14H,6-9,11,16H2,1-3H3. The first-order valence-electron chi connectivity index (χ1n) is 6.88. The summed E-state index contributed by atoms with van der Waals surface area (Å²) in [5, 5.41) is 0. The third-order valence-corrected chi connectivity index (χ3v) is 3.87. The maximum atomic E-state index is 5.65. The zero-order valence-electron chi connectivity index (χ0n) is 11.8. The second-order valence-corrected chi connectivity index (χ2v) is 5.41. The lowest BCUT2D eigenvalue weighted by Gasteiger charge is -2.41. The molecule has 0 bridgehead atoms. The van der Waals surface area contributed by atoms with Crippen molar-refractivity contribution in [1.29, 1.82) is 0 Å². The number of hydrogen-bond acceptors (Lipinski definition) is 3. The van der Waals surface area contributed by atoms with E-state index in [0.29, 0.717) is 6.04 Å². The summed E-state index contributed by atoms with van der Waals surface area (Å²) in [4.78, 5) is 4.99. The molecular formula is C15H25N3. The van der Waals surface area contributed by atoms with Crippen LogP contribution in [0.5, 0.6) is 0 Å². The Labute approximate surface area is 111 Å². The minimum atomic E-state index is 0.586. The lowest BCUT2D eigenvalue weighted by molar-refractivity contribution is 0.195. The van der Waals surface area contributed by atoms with Gasteiger partial charge < -0.3 is 10.6 Å². The van der Waals surface area contributed by atoms with E-state index in [2.05, 4.69) is 48.8 Å². The van der Waals surface area contributed by atoms with Crippen LogP contribution in [0.3, 0.4) is 0 Å². The van der Waals surface area contributed by atoms with Gasteiger partial charge in [-0.15, -0.1) is 0 Å². The molecule has 1 aromatic rings. The van der Waals surface area contributed by atoms with E-state index < -0.39 is 0 Å². The molecule has 3 nitrogen and oxygen atoms in total. The summed E-state index contributed by atoms with van der Waals surface area (Å²) in [7, 11) is 0. The molecule has 0 aromatic heterocycles. The minimum Gasteiger partial charge on any atom is -0.368 e. The van der Waals surface area contributed by atoms with Crippen molar-refractivity contribution in [1.82, 2.24) is 4.90 Å². The molecule has 0 saturated carbocycles. The van der Waals surface area contributed by atoms with Gasteiger partial charge in [-0.2, -0.15) is 0 Å². The lowest BCUT2D eigenvalue weighted by Crippen LogP contribution is -2.53. The largest absolute Gasteiger partial charge is 0.368 e. The summed E-state index contributed by atoms with van der Waals surface area (Å²) in [6.45, 7) is 11.8. The van der Waals surface area contributed by atoms with Crippen molar-refractivity contribution in [3.05, 3.63) is 29.3 Å². The molecule has 1 fully saturated rings. The zero-order valence-corrected chi connectivity index (χ0v) is 11.8. The van der Waals surface area contributed by atoms with E-state index in [9.17, 15) is 0 Å². The molecule has 0 aliphatic carbocycles. The van der Waals surface area contributed by atoms with Crippen molar-refractivity contribution in [2.45, 2.75) is 26.8 Å². The Hall–Kier alpha value is -1.06. The summed E-state index contributed by atoms with van der Waals surface area (Å²) in [6, 6.07) is 7.32. The molecule has 0 spiro atoms. The summed E-state index contributed by atoms with van der Waals surface area (Å²) < 4.78 is 0. The fourth-order valence-corrected chi connectivity index (χ4v) is 2.87. The predicted molar refractivity (Wildman–Crippen MR) is 78.2 cm³/mol. The quantitative estimate of drug-likeness (QED) is 0.883. The average molecular weight is 247 g/mol. The van der Waals surface area contributed by atoms with E-state index in [4.69, 9.17) is 5.73 Å². The Bertz CT molecular complexity index is 403.